The number of aromatic amines is 1. The zero-order valence-corrected chi connectivity index (χ0v) is 16.8. The van der Waals surface area contributed by atoms with Crippen molar-refractivity contribution in [1.29, 1.82) is 0 Å². The summed E-state index contributed by atoms with van der Waals surface area (Å²) in [5.74, 6) is 1.12. The van der Waals surface area contributed by atoms with Gasteiger partial charge >= 0.3 is 0 Å². The van der Waals surface area contributed by atoms with Crippen molar-refractivity contribution in [3.63, 3.8) is 0 Å². The fourth-order valence-electron chi connectivity index (χ4n) is 2.00. The Morgan fingerprint density at radius 3 is 2.59 bits per heavy atom. The highest BCUT2D eigenvalue weighted by molar-refractivity contribution is 7.99. The van der Waals surface area contributed by atoms with Crippen LogP contribution in [0.15, 0.2) is 47.6 Å². The first-order valence-corrected chi connectivity index (χ1v) is 9.79. The quantitative estimate of drug-likeness (QED) is 0.498. The van der Waals surface area contributed by atoms with Crippen molar-refractivity contribution < 1.29 is 9.53 Å². The van der Waals surface area contributed by atoms with Gasteiger partial charge in [0.05, 0.1) is 16.5 Å². The van der Waals surface area contributed by atoms with E-state index in [-0.39, 0.29) is 18.3 Å². The van der Waals surface area contributed by atoms with Crippen LogP contribution >= 0.6 is 46.6 Å². The Kier molecular flexibility index (Phi) is 6.84. The highest BCUT2D eigenvalue weighted by atomic mass is 35.5. The average Bonchev–Trinajstić information content (AvgIpc) is 3.10. The summed E-state index contributed by atoms with van der Waals surface area (Å²) in [6.07, 6.45) is 0. The molecule has 1 aromatic heterocycles. The molecule has 2 N–H and O–H groups in total. The minimum absolute atomic E-state index is 0.133. The zero-order chi connectivity index (χ0) is 19.2. The van der Waals surface area contributed by atoms with Gasteiger partial charge in [-0.1, -0.05) is 46.6 Å². The number of anilines is 1. The molecule has 10 heteroatoms. The van der Waals surface area contributed by atoms with Crippen molar-refractivity contribution in [3.8, 4) is 5.75 Å². The van der Waals surface area contributed by atoms with Gasteiger partial charge in [-0.15, -0.1) is 5.10 Å². The monoisotopic (exact) mass is 442 g/mol. The van der Waals surface area contributed by atoms with E-state index in [1.807, 2.05) is 0 Å². The Balaban J connectivity index is 1.47. The average molecular weight is 444 g/mol. The first-order chi connectivity index (χ1) is 13.0. The van der Waals surface area contributed by atoms with Crippen molar-refractivity contribution in [2.45, 2.75) is 11.8 Å². The van der Waals surface area contributed by atoms with Gasteiger partial charge in [-0.2, -0.15) is 0 Å². The van der Waals surface area contributed by atoms with E-state index in [4.69, 9.17) is 39.5 Å². The maximum absolute atomic E-state index is 12.0. The van der Waals surface area contributed by atoms with E-state index in [9.17, 15) is 4.79 Å². The Labute approximate surface area is 174 Å². The lowest BCUT2D eigenvalue weighted by Gasteiger charge is -2.06. The molecule has 0 saturated heterocycles. The molecule has 0 atom stereocenters. The van der Waals surface area contributed by atoms with E-state index < -0.39 is 0 Å². The highest BCUT2D eigenvalue weighted by Gasteiger charge is 2.10. The molecule has 27 heavy (non-hydrogen) atoms. The topological polar surface area (TPSA) is 79.9 Å². The summed E-state index contributed by atoms with van der Waals surface area (Å²) in [6, 6.07) is 11.9. The number of hydrogen-bond acceptors (Lipinski definition) is 5. The van der Waals surface area contributed by atoms with Gasteiger partial charge in [-0.05, 0) is 42.5 Å². The predicted octanol–water partition coefficient (Wildman–Crippen LogP) is 5.07. The van der Waals surface area contributed by atoms with Crippen LogP contribution in [0.2, 0.25) is 15.1 Å². The van der Waals surface area contributed by atoms with Gasteiger partial charge < -0.3 is 10.1 Å². The van der Waals surface area contributed by atoms with Crippen molar-refractivity contribution in [3.05, 3.63) is 63.4 Å². The summed E-state index contributed by atoms with van der Waals surface area (Å²) in [5, 5.41) is 11.5. The van der Waals surface area contributed by atoms with E-state index in [0.717, 1.165) is 0 Å². The molecular weight excluding hydrogens is 431 g/mol. The summed E-state index contributed by atoms with van der Waals surface area (Å²) < 4.78 is 5.58. The number of benzene rings is 2. The molecular formula is C17H13Cl3N4O2S. The third-order valence-corrected chi connectivity index (χ3v) is 4.89. The summed E-state index contributed by atoms with van der Waals surface area (Å²) in [6.45, 7) is 0.224. The minimum Gasteiger partial charge on any atom is -0.486 e. The van der Waals surface area contributed by atoms with Crippen molar-refractivity contribution in [1.82, 2.24) is 15.2 Å². The number of ether oxygens (including phenoxy) is 1. The molecule has 0 unspecified atom stereocenters. The van der Waals surface area contributed by atoms with Crippen LogP contribution in [0.4, 0.5) is 5.69 Å². The van der Waals surface area contributed by atoms with Gasteiger partial charge in [0.1, 0.15) is 12.4 Å². The standard InChI is InChI=1S/C17H13Cl3N4O2S/c18-10-1-4-12(5-2-10)26-8-15-22-17(24-23-15)27-9-16(25)21-14-6-3-11(19)7-13(14)20/h1-7H,8-9H2,(H,21,25)(H,22,23,24). The van der Waals surface area contributed by atoms with Crippen LogP contribution in [-0.2, 0) is 11.4 Å². The van der Waals surface area contributed by atoms with Gasteiger partial charge in [-0.25, -0.2) is 4.98 Å². The maximum atomic E-state index is 12.0. The molecule has 1 amide bonds. The zero-order valence-electron chi connectivity index (χ0n) is 13.7. The molecule has 0 aliphatic heterocycles. The summed E-state index contributed by atoms with van der Waals surface area (Å²) in [5.41, 5.74) is 0.499. The van der Waals surface area contributed by atoms with Crippen LogP contribution < -0.4 is 10.1 Å². The van der Waals surface area contributed by atoms with Crippen molar-refractivity contribution in [2.24, 2.45) is 0 Å². The summed E-state index contributed by atoms with van der Waals surface area (Å²) >= 11 is 18.9. The van der Waals surface area contributed by atoms with Crippen LogP contribution in [0.1, 0.15) is 5.82 Å². The number of rotatable bonds is 7. The molecule has 0 bridgehead atoms. The molecule has 140 valence electrons. The van der Waals surface area contributed by atoms with Gasteiger partial charge in [-0.3, -0.25) is 9.89 Å². The van der Waals surface area contributed by atoms with Crippen molar-refractivity contribution >= 4 is 58.2 Å². The number of thioether (sulfide) groups is 1. The Hall–Kier alpha value is -1.93. The maximum Gasteiger partial charge on any atom is 0.234 e. The lowest BCUT2D eigenvalue weighted by atomic mass is 10.3. The van der Waals surface area contributed by atoms with Crippen LogP contribution in [0, 0.1) is 0 Å². The number of halogens is 3. The largest absolute Gasteiger partial charge is 0.486 e. The molecule has 0 radical (unpaired) electrons. The van der Waals surface area contributed by atoms with Crippen molar-refractivity contribution in [2.75, 3.05) is 11.1 Å². The van der Waals surface area contributed by atoms with Gasteiger partial charge in [0.25, 0.3) is 0 Å². The molecule has 2 aromatic carbocycles. The molecule has 0 saturated carbocycles. The third kappa shape index (κ3) is 6.04. The lowest BCUT2D eigenvalue weighted by Crippen LogP contribution is -2.14. The number of nitrogens with zero attached hydrogens (tertiary/aromatic N) is 2. The number of carbonyl (C=O) groups is 1. The second-order valence-corrected chi connectivity index (χ2v) is 7.49. The van der Waals surface area contributed by atoms with Crippen LogP contribution in [-0.4, -0.2) is 26.8 Å². The highest BCUT2D eigenvalue weighted by Crippen LogP contribution is 2.25. The lowest BCUT2D eigenvalue weighted by molar-refractivity contribution is -0.113. The minimum atomic E-state index is -0.229. The number of H-pyrrole nitrogens is 1. The van der Waals surface area contributed by atoms with Gasteiger partial charge in [0, 0.05) is 10.0 Å². The van der Waals surface area contributed by atoms with Gasteiger partial charge in [0.2, 0.25) is 11.1 Å². The van der Waals surface area contributed by atoms with E-state index in [2.05, 4.69) is 20.5 Å². The molecule has 3 aromatic rings. The molecule has 0 aliphatic rings. The molecule has 1 heterocycles. The molecule has 0 fully saturated rings. The van der Waals surface area contributed by atoms with E-state index in [0.29, 0.717) is 37.5 Å². The first-order valence-electron chi connectivity index (χ1n) is 7.67. The number of carbonyl (C=O) groups excluding carboxylic acids is 1. The summed E-state index contributed by atoms with van der Waals surface area (Å²) in [7, 11) is 0. The Morgan fingerprint density at radius 2 is 1.85 bits per heavy atom. The number of nitrogens with one attached hydrogen (secondary N) is 2. The van der Waals surface area contributed by atoms with Crippen LogP contribution in [0.25, 0.3) is 0 Å². The fraction of sp³-hybridized carbons (Fsp3) is 0.118. The number of amides is 1. The van der Waals surface area contributed by atoms with Crippen LogP contribution in [0.3, 0.4) is 0 Å². The van der Waals surface area contributed by atoms with Gasteiger partial charge in [0.15, 0.2) is 5.82 Å². The molecule has 0 aliphatic carbocycles. The Bertz CT molecular complexity index is 934. The van der Waals surface area contributed by atoms with Crippen LogP contribution in [0.5, 0.6) is 5.75 Å². The number of hydrogen-bond donors (Lipinski definition) is 2. The molecule has 3 rings (SSSR count). The smallest absolute Gasteiger partial charge is 0.234 e. The van der Waals surface area contributed by atoms with E-state index in [1.54, 1.807) is 42.5 Å². The number of aromatic nitrogens is 3. The second-order valence-electron chi connectivity index (χ2n) is 5.27. The third-order valence-electron chi connectivity index (χ3n) is 3.24. The predicted molar refractivity (Wildman–Crippen MR) is 108 cm³/mol. The normalized spacial score (nSPS) is 10.6. The first kappa shape index (κ1) is 19.8. The molecule has 0 spiro atoms. The Morgan fingerprint density at radius 1 is 1.11 bits per heavy atom. The summed E-state index contributed by atoms with van der Waals surface area (Å²) in [4.78, 5) is 16.3. The van der Waals surface area contributed by atoms with E-state index in [1.165, 1.54) is 11.8 Å². The molecule has 6 nitrogen and oxygen atoms in total. The SMILES string of the molecule is O=C(CSc1n[nH]c(COc2ccc(Cl)cc2)n1)Nc1ccc(Cl)cc1Cl. The second kappa shape index (κ2) is 9.32. The van der Waals surface area contributed by atoms with E-state index >= 15 is 0 Å². The fourth-order valence-corrected chi connectivity index (χ4v) is 3.20.